The van der Waals surface area contributed by atoms with E-state index in [1.807, 2.05) is 0 Å². The molecular formula is C15H16F3N5O3. The highest BCUT2D eigenvalue weighted by atomic mass is 19.4. The Morgan fingerprint density at radius 3 is 2.69 bits per heavy atom. The van der Waals surface area contributed by atoms with Gasteiger partial charge in [0.15, 0.2) is 5.65 Å². The molecule has 0 radical (unpaired) electrons. The fourth-order valence-corrected chi connectivity index (χ4v) is 2.79. The van der Waals surface area contributed by atoms with E-state index in [4.69, 9.17) is 15.2 Å². The summed E-state index contributed by atoms with van der Waals surface area (Å²) in [5.41, 5.74) is 1.62. The molecule has 3 rings (SSSR count). The van der Waals surface area contributed by atoms with Crippen LogP contribution in [0.1, 0.15) is 36.9 Å². The first-order chi connectivity index (χ1) is 12.1. The molecule has 0 saturated carbocycles. The molecule has 0 aliphatic carbocycles. The Kier molecular flexibility index (Phi) is 5.66. The number of carboxylic acids is 1. The molecule has 1 aliphatic heterocycles. The van der Waals surface area contributed by atoms with Gasteiger partial charge in [-0.3, -0.25) is 4.79 Å². The number of aromatic nitrogens is 3. The number of H-pyrrole nitrogens is 1. The molecule has 0 aromatic carbocycles. The molecule has 1 saturated heterocycles. The average molecular weight is 371 g/mol. The molecular weight excluding hydrogens is 355 g/mol. The number of nitriles is 1. The van der Waals surface area contributed by atoms with E-state index in [0.717, 1.165) is 25.1 Å². The smallest absolute Gasteiger partial charge is 0.475 e. The zero-order valence-electron chi connectivity index (χ0n) is 13.7. The quantitative estimate of drug-likeness (QED) is 0.696. The van der Waals surface area contributed by atoms with Gasteiger partial charge in [-0.15, -0.1) is 0 Å². The first kappa shape index (κ1) is 19.5. The van der Waals surface area contributed by atoms with Gasteiger partial charge in [-0.1, -0.05) is 0 Å². The molecule has 11 heteroatoms. The van der Waals surface area contributed by atoms with Crippen LogP contribution < -0.4 is 10.9 Å². The second kappa shape index (κ2) is 7.57. The van der Waals surface area contributed by atoms with Gasteiger partial charge in [0.1, 0.15) is 11.6 Å². The Hall–Kier alpha value is -2.87. The SMILES string of the molecule is C[C@H]1C[C@H](c2cc(=O)[nH]c3c(C#N)cnn23)CCN1.O=C(O)C(F)(F)F. The van der Waals surface area contributed by atoms with Gasteiger partial charge in [0.2, 0.25) is 0 Å². The topological polar surface area (TPSA) is 123 Å². The van der Waals surface area contributed by atoms with E-state index in [0.29, 0.717) is 23.2 Å². The van der Waals surface area contributed by atoms with Gasteiger partial charge >= 0.3 is 12.1 Å². The molecule has 26 heavy (non-hydrogen) atoms. The third-order valence-electron chi connectivity index (χ3n) is 3.94. The third-order valence-corrected chi connectivity index (χ3v) is 3.94. The molecule has 1 aliphatic rings. The van der Waals surface area contributed by atoms with Crippen LogP contribution in [-0.4, -0.2) is 44.4 Å². The predicted molar refractivity (Wildman–Crippen MR) is 83.7 cm³/mol. The Morgan fingerprint density at radius 2 is 2.15 bits per heavy atom. The molecule has 3 heterocycles. The van der Waals surface area contributed by atoms with Gasteiger partial charge < -0.3 is 15.4 Å². The Labute approximate surface area is 145 Å². The highest BCUT2D eigenvalue weighted by molar-refractivity contribution is 5.73. The fourth-order valence-electron chi connectivity index (χ4n) is 2.79. The summed E-state index contributed by atoms with van der Waals surface area (Å²) in [7, 11) is 0. The van der Waals surface area contributed by atoms with Crippen molar-refractivity contribution in [1.82, 2.24) is 19.9 Å². The van der Waals surface area contributed by atoms with E-state index >= 15 is 0 Å². The molecule has 2 atom stereocenters. The van der Waals surface area contributed by atoms with Gasteiger partial charge in [0.05, 0.1) is 11.9 Å². The first-order valence-corrected chi connectivity index (χ1v) is 7.68. The standard InChI is InChI=1S/C13H15N5O.C2HF3O2/c1-8-4-9(2-3-15-8)11-5-12(19)17-13-10(6-14)7-16-18(11)13;3-2(4,5)1(6)7/h5,7-9,15H,2-4H2,1H3,(H,17,19);(H,6,7)/t8-,9+;/m0./s1. The summed E-state index contributed by atoms with van der Waals surface area (Å²) in [6, 6.07) is 4.08. The second-order valence-electron chi connectivity index (χ2n) is 5.87. The van der Waals surface area contributed by atoms with E-state index in [-0.39, 0.29) is 5.56 Å². The molecule has 3 N–H and O–H groups in total. The molecule has 140 valence electrons. The van der Waals surface area contributed by atoms with Crippen LogP contribution in [0.15, 0.2) is 17.1 Å². The summed E-state index contributed by atoms with van der Waals surface area (Å²) in [4.78, 5) is 23.4. The summed E-state index contributed by atoms with van der Waals surface area (Å²) >= 11 is 0. The summed E-state index contributed by atoms with van der Waals surface area (Å²) in [6.45, 7) is 3.08. The highest BCUT2D eigenvalue weighted by Gasteiger charge is 2.38. The number of aliphatic carboxylic acids is 1. The first-order valence-electron chi connectivity index (χ1n) is 7.68. The van der Waals surface area contributed by atoms with Crippen molar-refractivity contribution in [3.63, 3.8) is 0 Å². The predicted octanol–water partition coefficient (Wildman–Crippen LogP) is 1.38. The minimum atomic E-state index is -5.08. The summed E-state index contributed by atoms with van der Waals surface area (Å²) < 4.78 is 33.4. The van der Waals surface area contributed by atoms with Crippen molar-refractivity contribution >= 4 is 11.6 Å². The van der Waals surface area contributed by atoms with E-state index in [9.17, 15) is 18.0 Å². The van der Waals surface area contributed by atoms with Crippen LogP contribution in [0.2, 0.25) is 0 Å². The lowest BCUT2D eigenvalue weighted by molar-refractivity contribution is -0.192. The normalized spacial score (nSPS) is 20.1. The number of carbonyl (C=O) groups is 1. The lowest BCUT2D eigenvalue weighted by atomic mass is 9.90. The van der Waals surface area contributed by atoms with Crippen molar-refractivity contribution in [3.05, 3.63) is 33.9 Å². The highest BCUT2D eigenvalue weighted by Crippen LogP contribution is 2.27. The summed E-state index contributed by atoms with van der Waals surface area (Å²) in [6.07, 6.45) is -1.63. The Balaban J connectivity index is 0.000000298. The number of piperidine rings is 1. The fraction of sp³-hybridized carbons (Fsp3) is 0.467. The van der Waals surface area contributed by atoms with Gasteiger partial charge in [-0.2, -0.15) is 23.5 Å². The number of fused-ring (bicyclic) bond motifs is 1. The number of aromatic amines is 1. The number of nitrogens with one attached hydrogen (secondary N) is 2. The van der Waals surface area contributed by atoms with Crippen LogP contribution in [0.4, 0.5) is 13.2 Å². The number of rotatable bonds is 1. The lowest BCUT2D eigenvalue weighted by Gasteiger charge is -2.28. The number of alkyl halides is 3. The van der Waals surface area contributed by atoms with Crippen LogP contribution >= 0.6 is 0 Å². The van der Waals surface area contributed by atoms with Crippen LogP contribution in [0, 0.1) is 11.3 Å². The monoisotopic (exact) mass is 371 g/mol. The number of halogens is 3. The summed E-state index contributed by atoms with van der Waals surface area (Å²) in [5.74, 6) is -2.46. The molecule has 2 aromatic heterocycles. The van der Waals surface area contributed by atoms with Crippen molar-refractivity contribution in [1.29, 1.82) is 5.26 Å². The molecule has 8 nitrogen and oxygen atoms in total. The van der Waals surface area contributed by atoms with E-state index < -0.39 is 12.1 Å². The largest absolute Gasteiger partial charge is 0.490 e. The van der Waals surface area contributed by atoms with E-state index in [2.05, 4.69) is 28.4 Å². The molecule has 0 bridgehead atoms. The van der Waals surface area contributed by atoms with Crippen LogP contribution in [0.25, 0.3) is 5.65 Å². The third kappa shape index (κ3) is 4.40. The van der Waals surface area contributed by atoms with Gasteiger partial charge in [0.25, 0.3) is 5.56 Å². The van der Waals surface area contributed by atoms with Crippen molar-refractivity contribution in [2.75, 3.05) is 6.54 Å². The van der Waals surface area contributed by atoms with Crippen molar-refractivity contribution in [2.24, 2.45) is 0 Å². The molecule has 0 amide bonds. The zero-order chi connectivity index (χ0) is 19.5. The van der Waals surface area contributed by atoms with Gasteiger partial charge in [0, 0.05) is 18.0 Å². The maximum absolute atomic E-state index is 11.8. The van der Waals surface area contributed by atoms with Crippen molar-refractivity contribution < 1.29 is 23.1 Å². The number of hydrogen-bond acceptors (Lipinski definition) is 5. The van der Waals surface area contributed by atoms with Gasteiger partial charge in [-0.25, -0.2) is 9.31 Å². The van der Waals surface area contributed by atoms with Crippen molar-refractivity contribution in [3.8, 4) is 6.07 Å². The van der Waals surface area contributed by atoms with Crippen LogP contribution in [0.5, 0.6) is 0 Å². The molecule has 2 aromatic rings. The maximum atomic E-state index is 11.8. The van der Waals surface area contributed by atoms with Gasteiger partial charge in [-0.05, 0) is 26.3 Å². The average Bonchev–Trinajstić information content (AvgIpc) is 2.96. The van der Waals surface area contributed by atoms with Crippen molar-refractivity contribution in [2.45, 2.75) is 37.9 Å². The molecule has 1 fully saturated rings. The van der Waals surface area contributed by atoms with E-state index in [1.54, 1.807) is 10.6 Å². The maximum Gasteiger partial charge on any atom is 0.490 e. The number of carboxylic acid groups (broad SMARTS) is 1. The minimum absolute atomic E-state index is 0.175. The summed E-state index contributed by atoms with van der Waals surface area (Å²) in [5, 5.41) is 23.8. The Morgan fingerprint density at radius 1 is 1.50 bits per heavy atom. The molecule has 0 spiro atoms. The number of hydrogen-bond donors (Lipinski definition) is 3. The molecule has 0 unspecified atom stereocenters. The second-order valence-corrected chi connectivity index (χ2v) is 5.87. The van der Waals surface area contributed by atoms with E-state index in [1.165, 1.54) is 6.20 Å². The minimum Gasteiger partial charge on any atom is -0.475 e. The van der Waals surface area contributed by atoms with Crippen LogP contribution in [0.3, 0.4) is 0 Å². The zero-order valence-corrected chi connectivity index (χ0v) is 13.7. The Bertz CT molecular complexity index is 897. The number of nitrogens with zero attached hydrogens (tertiary/aromatic N) is 3. The lowest BCUT2D eigenvalue weighted by Crippen LogP contribution is -2.35. The van der Waals surface area contributed by atoms with Crippen LogP contribution in [-0.2, 0) is 4.79 Å².